The SMILES string of the molecule is CCCCC1=Cc2cc(/C=C/c3ccc(F)c(F)c3)ccc2C1. The van der Waals surface area contributed by atoms with Gasteiger partial charge in [0.2, 0.25) is 0 Å². The van der Waals surface area contributed by atoms with Crippen molar-refractivity contribution in [2.45, 2.75) is 32.6 Å². The molecule has 0 fully saturated rings. The van der Waals surface area contributed by atoms with Crippen LogP contribution in [0.15, 0.2) is 42.0 Å². The van der Waals surface area contributed by atoms with E-state index in [2.05, 4.69) is 31.2 Å². The molecule has 1 aliphatic rings. The normalized spacial score (nSPS) is 13.4. The molecule has 118 valence electrons. The van der Waals surface area contributed by atoms with E-state index in [1.807, 2.05) is 6.08 Å². The van der Waals surface area contributed by atoms with Gasteiger partial charge < -0.3 is 0 Å². The van der Waals surface area contributed by atoms with Gasteiger partial charge in [-0.25, -0.2) is 8.78 Å². The van der Waals surface area contributed by atoms with Gasteiger partial charge >= 0.3 is 0 Å². The van der Waals surface area contributed by atoms with Gasteiger partial charge in [-0.15, -0.1) is 0 Å². The van der Waals surface area contributed by atoms with Crippen LogP contribution in [0.1, 0.15) is 48.4 Å². The van der Waals surface area contributed by atoms with Crippen LogP contribution < -0.4 is 0 Å². The molecule has 0 spiro atoms. The van der Waals surface area contributed by atoms with E-state index in [9.17, 15) is 8.78 Å². The third-order valence-electron chi connectivity index (χ3n) is 4.21. The molecular formula is C21H20F2. The summed E-state index contributed by atoms with van der Waals surface area (Å²) in [5, 5.41) is 0. The maximum absolute atomic E-state index is 13.2. The molecular weight excluding hydrogens is 290 g/mol. The maximum atomic E-state index is 13.2. The molecule has 2 heteroatoms. The number of benzene rings is 2. The van der Waals surface area contributed by atoms with Crippen LogP contribution in [0, 0.1) is 11.6 Å². The molecule has 0 atom stereocenters. The van der Waals surface area contributed by atoms with Crippen LogP contribution in [0.5, 0.6) is 0 Å². The molecule has 0 unspecified atom stereocenters. The fraction of sp³-hybridized carbons (Fsp3) is 0.238. The van der Waals surface area contributed by atoms with Gasteiger partial charge in [0.05, 0.1) is 0 Å². The van der Waals surface area contributed by atoms with Crippen LogP contribution >= 0.6 is 0 Å². The zero-order chi connectivity index (χ0) is 16.2. The average molecular weight is 310 g/mol. The highest BCUT2D eigenvalue weighted by Gasteiger charge is 2.12. The molecule has 2 aromatic carbocycles. The molecule has 0 aliphatic heterocycles. The van der Waals surface area contributed by atoms with Gasteiger partial charge in [0, 0.05) is 0 Å². The molecule has 0 heterocycles. The van der Waals surface area contributed by atoms with E-state index in [4.69, 9.17) is 0 Å². The Kier molecular flexibility index (Phi) is 4.71. The van der Waals surface area contributed by atoms with Crippen LogP contribution in [-0.2, 0) is 6.42 Å². The Balaban J connectivity index is 1.76. The van der Waals surface area contributed by atoms with E-state index < -0.39 is 11.6 Å². The first kappa shape index (κ1) is 15.7. The van der Waals surface area contributed by atoms with Gasteiger partial charge in [0.25, 0.3) is 0 Å². The Hall–Kier alpha value is -2.22. The van der Waals surface area contributed by atoms with Crippen molar-refractivity contribution in [1.29, 1.82) is 0 Å². The Labute approximate surface area is 136 Å². The molecule has 0 aromatic heterocycles. The molecule has 0 bridgehead atoms. The first-order valence-electron chi connectivity index (χ1n) is 8.11. The third-order valence-corrected chi connectivity index (χ3v) is 4.21. The number of rotatable bonds is 5. The van der Waals surface area contributed by atoms with Crippen molar-refractivity contribution in [3.8, 4) is 0 Å². The first-order valence-corrected chi connectivity index (χ1v) is 8.11. The molecule has 0 amide bonds. The minimum atomic E-state index is -0.815. The number of allylic oxidation sites excluding steroid dienone is 1. The van der Waals surface area contributed by atoms with Gasteiger partial charge in [-0.2, -0.15) is 0 Å². The highest BCUT2D eigenvalue weighted by Crippen LogP contribution is 2.29. The van der Waals surface area contributed by atoms with E-state index >= 15 is 0 Å². The van der Waals surface area contributed by atoms with Crippen molar-refractivity contribution in [2.24, 2.45) is 0 Å². The lowest BCUT2D eigenvalue weighted by molar-refractivity contribution is 0.508. The quantitative estimate of drug-likeness (QED) is 0.571. The van der Waals surface area contributed by atoms with Crippen molar-refractivity contribution < 1.29 is 8.78 Å². The summed E-state index contributed by atoms with van der Waals surface area (Å²) in [6.45, 7) is 2.21. The Morgan fingerprint density at radius 1 is 0.957 bits per heavy atom. The zero-order valence-corrected chi connectivity index (χ0v) is 13.3. The van der Waals surface area contributed by atoms with E-state index in [0.717, 1.165) is 18.1 Å². The van der Waals surface area contributed by atoms with E-state index in [1.165, 1.54) is 42.0 Å². The lowest BCUT2D eigenvalue weighted by atomic mass is 10.0. The molecule has 0 saturated carbocycles. The van der Waals surface area contributed by atoms with Crippen LogP contribution in [0.25, 0.3) is 18.2 Å². The summed E-state index contributed by atoms with van der Waals surface area (Å²) in [4.78, 5) is 0. The minimum Gasteiger partial charge on any atom is -0.204 e. The fourth-order valence-electron chi connectivity index (χ4n) is 2.90. The van der Waals surface area contributed by atoms with Crippen LogP contribution in [0.2, 0.25) is 0 Å². The lowest BCUT2D eigenvalue weighted by Gasteiger charge is -2.01. The fourth-order valence-corrected chi connectivity index (χ4v) is 2.90. The molecule has 0 N–H and O–H groups in total. The molecule has 3 rings (SSSR count). The second kappa shape index (κ2) is 6.91. The number of fused-ring (bicyclic) bond motifs is 1. The first-order chi connectivity index (χ1) is 11.2. The highest BCUT2D eigenvalue weighted by atomic mass is 19.2. The summed E-state index contributed by atoms with van der Waals surface area (Å²) < 4.78 is 26.1. The van der Waals surface area contributed by atoms with Gasteiger partial charge in [0.1, 0.15) is 0 Å². The highest BCUT2D eigenvalue weighted by molar-refractivity contribution is 5.73. The van der Waals surface area contributed by atoms with Crippen molar-refractivity contribution in [2.75, 3.05) is 0 Å². The summed E-state index contributed by atoms with van der Waals surface area (Å²) in [7, 11) is 0. The Morgan fingerprint density at radius 3 is 2.43 bits per heavy atom. The molecule has 0 radical (unpaired) electrons. The number of halogens is 2. The van der Waals surface area contributed by atoms with Crippen molar-refractivity contribution in [1.82, 2.24) is 0 Å². The van der Waals surface area contributed by atoms with Crippen molar-refractivity contribution in [3.63, 3.8) is 0 Å². The predicted octanol–water partition coefficient (Wildman–Crippen LogP) is 6.26. The average Bonchev–Trinajstić information content (AvgIpc) is 2.96. The number of unbranched alkanes of at least 4 members (excludes halogenated alkanes) is 1. The smallest absolute Gasteiger partial charge is 0.159 e. The largest absolute Gasteiger partial charge is 0.204 e. The lowest BCUT2D eigenvalue weighted by Crippen LogP contribution is -1.86. The van der Waals surface area contributed by atoms with Crippen molar-refractivity contribution >= 4 is 18.2 Å². The molecule has 2 aromatic rings. The molecule has 23 heavy (non-hydrogen) atoms. The minimum absolute atomic E-state index is 0.656. The van der Waals surface area contributed by atoms with E-state index in [0.29, 0.717) is 5.56 Å². The van der Waals surface area contributed by atoms with Gasteiger partial charge in [-0.05, 0) is 59.7 Å². The zero-order valence-electron chi connectivity index (χ0n) is 13.3. The summed E-state index contributed by atoms with van der Waals surface area (Å²) in [6.07, 6.45) is 10.7. The molecule has 0 nitrogen and oxygen atoms in total. The van der Waals surface area contributed by atoms with Gasteiger partial charge in [-0.3, -0.25) is 0 Å². The standard InChI is InChI=1S/C21H20F2/c1-2-3-4-17-12-18-9-7-15(11-19(18)13-17)5-6-16-8-10-20(22)21(23)14-16/h5-11,13-14H,2-4,12H2,1H3/b6-5+. The summed E-state index contributed by atoms with van der Waals surface area (Å²) in [6, 6.07) is 10.3. The van der Waals surface area contributed by atoms with E-state index in [-0.39, 0.29) is 0 Å². The van der Waals surface area contributed by atoms with Crippen molar-refractivity contribution in [3.05, 3.63) is 75.9 Å². The predicted molar refractivity (Wildman–Crippen MR) is 92.9 cm³/mol. The Bertz CT molecular complexity index is 769. The maximum Gasteiger partial charge on any atom is 0.159 e. The Morgan fingerprint density at radius 2 is 1.70 bits per heavy atom. The third kappa shape index (κ3) is 3.76. The number of hydrogen-bond acceptors (Lipinski definition) is 0. The second-order valence-electron chi connectivity index (χ2n) is 6.05. The molecule has 1 aliphatic carbocycles. The van der Waals surface area contributed by atoms with Crippen LogP contribution in [-0.4, -0.2) is 0 Å². The monoisotopic (exact) mass is 310 g/mol. The van der Waals surface area contributed by atoms with Crippen LogP contribution in [0.3, 0.4) is 0 Å². The van der Waals surface area contributed by atoms with Gasteiger partial charge in [-0.1, -0.05) is 55.3 Å². The van der Waals surface area contributed by atoms with E-state index in [1.54, 1.807) is 12.1 Å². The second-order valence-corrected chi connectivity index (χ2v) is 6.05. The van der Waals surface area contributed by atoms with Crippen LogP contribution in [0.4, 0.5) is 8.78 Å². The number of hydrogen-bond donors (Lipinski definition) is 0. The van der Waals surface area contributed by atoms with Gasteiger partial charge in [0.15, 0.2) is 11.6 Å². The topological polar surface area (TPSA) is 0 Å². The summed E-state index contributed by atoms with van der Waals surface area (Å²) >= 11 is 0. The summed E-state index contributed by atoms with van der Waals surface area (Å²) in [5.74, 6) is -1.63. The molecule has 0 saturated heterocycles. The summed E-state index contributed by atoms with van der Waals surface area (Å²) in [5.41, 5.74) is 5.89.